The van der Waals surface area contributed by atoms with E-state index in [1.807, 2.05) is 25.3 Å². The quantitative estimate of drug-likeness (QED) is 0.828. The molecule has 1 aromatic rings. The molecule has 2 heterocycles. The lowest BCUT2D eigenvalue weighted by molar-refractivity contribution is -0.121. The Morgan fingerprint density at radius 1 is 1.58 bits per heavy atom. The van der Waals surface area contributed by atoms with E-state index in [1.54, 1.807) is 13.2 Å². The fourth-order valence-electron chi connectivity index (χ4n) is 3.27. The predicted octanol–water partition coefficient (Wildman–Crippen LogP) is 3.90. The standard InChI is InChI=1S/C19H20ClN3O2S/c1-11(12-4-3-5-15(25-2)18(12)20)8-17(24)23-19-14(9-21)13-6-7-22-10-16(13)26-19/h3-5,10-11,14,19H,6-8H2,1-2H3,(H,23,24). The van der Waals surface area contributed by atoms with Gasteiger partial charge >= 0.3 is 0 Å². The first-order chi connectivity index (χ1) is 12.5. The van der Waals surface area contributed by atoms with Gasteiger partial charge in [-0.3, -0.25) is 9.79 Å². The smallest absolute Gasteiger partial charge is 0.221 e. The molecule has 0 aliphatic carbocycles. The van der Waals surface area contributed by atoms with Crippen LogP contribution < -0.4 is 10.1 Å². The van der Waals surface area contributed by atoms with E-state index in [9.17, 15) is 10.1 Å². The summed E-state index contributed by atoms with van der Waals surface area (Å²) >= 11 is 7.88. The Kier molecular flexibility index (Phi) is 5.90. The third-order valence-electron chi connectivity index (χ3n) is 4.65. The molecule has 1 N–H and O–H groups in total. The van der Waals surface area contributed by atoms with Crippen LogP contribution in [0.5, 0.6) is 5.75 Å². The van der Waals surface area contributed by atoms with E-state index >= 15 is 0 Å². The van der Waals surface area contributed by atoms with Gasteiger partial charge in [-0.15, -0.1) is 0 Å². The molecule has 3 rings (SSSR count). The van der Waals surface area contributed by atoms with Crippen LogP contribution >= 0.6 is 23.4 Å². The van der Waals surface area contributed by atoms with Gasteiger partial charge in [0, 0.05) is 24.1 Å². The van der Waals surface area contributed by atoms with Crippen LogP contribution in [0.3, 0.4) is 0 Å². The number of carbonyl (C=O) groups excluding carboxylic acids is 1. The lowest BCUT2D eigenvalue weighted by Gasteiger charge is -2.19. The SMILES string of the molecule is COc1cccc(C(C)CC(=O)NC2SC3=C(CCN=C3)C2C#N)c1Cl. The Bertz CT molecular complexity index is 815. The molecule has 0 radical (unpaired) electrons. The van der Waals surface area contributed by atoms with Crippen molar-refractivity contribution in [2.45, 2.75) is 31.1 Å². The molecule has 1 aromatic carbocycles. The zero-order valence-electron chi connectivity index (χ0n) is 14.7. The van der Waals surface area contributed by atoms with E-state index in [0.29, 0.717) is 23.7 Å². The van der Waals surface area contributed by atoms with Crippen LogP contribution in [0.1, 0.15) is 31.2 Å². The molecule has 0 saturated carbocycles. The number of dihydropyridines is 1. The highest BCUT2D eigenvalue weighted by atomic mass is 35.5. The number of nitriles is 1. The minimum atomic E-state index is -0.290. The summed E-state index contributed by atoms with van der Waals surface area (Å²) in [4.78, 5) is 17.8. The summed E-state index contributed by atoms with van der Waals surface area (Å²) in [6, 6.07) is 7.90. The van der Waals surface area contributed by atoms with E-state index < -0.39 is 0 Å². The molecule has 7 heteroatoms. The summed E-state index contributed by atoms with van der Waals surface area (Å²) < 4.78 is 5.24. The fourth-order valence-corrected chi connectivity index (χ4v) is 5.00. The van der Waals surface area contributed by atoms with Crippen molar-refractivity contribution in [3.05, 3.63) is 39.3 Å². The molecule has 0 fully saturated rings. The number of hydrogen-bond acceptors (Lipinski definition) is 5. The minimum absolute atomic E-state index is 0.0614. The Balaban J connectivity index is 1.65. The number of hydrogen-bond donors (Lipinski definition) is 1. The van der Waals surface area contributed by atoms with Crippen molar-refractivity contribution in [1.82, 2.24) is 5.32 Å². The highest BCUT2D eigenvalue weighted by molar-refractivity contribution is 8.04. The second-order valence-corrected chi connectivity index (χ2v) is 7.92. The zero-order valence-corrected chi connectivity index (χ0v) is 16.2. The van der Waals surface area contributed by atoms with Crippen LogP contribution in [0.2, 0.25) is 5.02 Å². The zero-order chi connectivity index (χ0) is 18.7. The summed E-state index contributed by atoms with van der Waals surface area (Å²) in [6.45, 7) is 2.67. The van der Waals surface area contributed by atoms with Gasteiger partial charge in [0.05, 0.1) is 29.5 Å². The predicted molar refractivity (Wildman–Crippen MR) is 105 cm³/mol. The summed E-state index contributed by atoms with van der Waals surface area (Å²) in [5, 5.41) is 12.8. The fraction of sp³-hybridized carbons (Fsp3) is 0.421. The molecular weight excluding hydrogens is 370 g/mol. The van der Waals surface area contributed by atoms with Crippen LogP contribution in [0.25, 0.3) is 0 Å². The third-order valence-corrected chi connectivity index (χ3v) is 6.32. The largest absolute Gasteiger partial charge is 0.495 e. The summed E-state index contributed by atoms with van der Waals surface area (Å²) in [6.07, 6.45) is 2.90. The highest BCUT2D eigenvalue weighted by Gasteiger charge is 2.36. The van der Waals surface area contributed by atoms with Gasteiger partial charge in [-0.1, -0.05) is 42.4 Å². The van der Waals surface area contributed by atoms with Gasteiger partial charge in [-0.25, -0.2) is 0 Å². The first-order valence-electron chi connectivity index (χ1n) is 8.46. The Morgan fingerprint density at radius 3 is 3.12 bits per heavy atom. The molecule has 1 amide bonds. The number of thioether (sulfide) groups is 1. The number of allylic oxidation sites excluding steroid dienone is 1. The van der Waals surface area contributed by atoms with Crippen LogP contribution in [-0.4, -0.2) is 31.2 Å². The molecule has 0 bridgehead atoms. The average Bonchev–Trinajstić information content (AvgIpc) is 2.98. The molecule has 136 valence electrons. The lowest BCUT2D eigenvalue weighted by atomic mass is 9.95. The second-order valence-electron chi connectivity index (χ2n) is 6.36. The van der Waals surface area contributed by atoms with Gasteiger partial charge in [-0.2, -0.15) is 5.26 Å². The second kappa shape index (κ2) is 8.15. The van der Waals surface area contributed by atoms with Gasteiger partial charge in [0.2, 0.25) is 5.91 Å². The number of nitrogens with one attached hydrogen (secondary N) is 1. The summed E-state index contributed by atoms with van der Waals surface area (Å²) in [5.41, 5.74) is 1.98. The third kappa shape index (κ3) is 3.74. The van der Waals surface area contributed by atoms with Crippen molar-refractivity contribution in [3.63, 3.8) is 0 Å². The van der Waals surface area contributed by atoms with Crippen LogP contribution in [0.15, 0.2) is 33.7 Å². The van der Waals surface area contributed by atoms with Gasteiger partial charge in [0.15, 0.2) is 0 Å². The number of aliphatic imine (C=N–C) groups is 1. The summed E-state index contributed by atoms with van der Waals surface area (Å²) in [5.74, 6) is 0.157. The first-order valence-corrected chi connectivity index (χ1v) is 9.71. The molecule has 3 atom stereocenters. The van der Waals surface area contributed by atoms with Crippen molar-refractivity contribution >= 4 is 35.5 Å². The molecule has 26 heavy (non-hydrogen) atoms. The average molecular weight is 390 g/mol. The van der Waals surface area contributed by atoms with Crippen molar-refractivity contribution in [2.24, 2.45) is 10.9 Å². The Labute approximate surface area is 162 Å². The number of carbonyl (C=O) groups is 1. The van der Waals surface area contributed by atoms with Crippen LogP contribution in [0, 0.1) is 17.2 Å². The number of benzene rings is 1. The van der Waals surface area contributed by atoms with Gasteiger partial charge in [0.25, 0.3) is 0 Å². The van der Waals surface area contributed by atoms with E-state index in [1.165, 1.54) is 11.8 Å². The van der Waals surface area contributed by atoms with Crippen molar-refractivity contribution in [3.8, 4) is 11.8 Å². The molecule has 0 saturated heterocycles. The topological polar surface area (TPSA) is 74.5 Å². The normalized spacial score (nSPS) is 22.5. The molecule has 0 aromatic heterocycles. The first kappa shape index (κ1) is 18.8. The molecule has 2 aliphatic heterocycles. The Morgan fingerprint density at radius 2 is 2.38 bits per heavy atom. The number of rotatable bonds is 5. The number of amides is 1. The minimum Gasteiger partial charge on any atom is -0.495 e. The van der Waals surface area contributed by atoms with E-state index in [2.05, 4.69) is 16.4 Å². The number of nitrogens with zero attached hydrogens (tertiary/aromatic N) is 2. The number of methoxy groups -OCH3 is 1. The maximum atomic E-state index is 12.6. The van der Waals surface area contributed by atoms with E-state index in [-0.39, 0.29) is 23.1 Å². The highest BCUT2D eigenvalue weighted by Crippen LogP contribution is 2.43. The number of ether oxygens (including phenoxy) is 1. The van der Waals surface area contributed by atoms with Crippen molar-refractivity contribution in [2.75, 3.05) is 13.7 Å². The van der Waals surface area contributed by atoms with Crippen LogP contribution in [0.4, 0.5) is 0 Å². The molecule has 5 nitrogen and oxygen atoms in total. The van der Waals surface area contributed by atoms with Gasteiger partial charge in [-0.05, 0) is 29.5 Å². The maximum absolute atomic E-state index is 12.6. The van der Waals surface area contributed by atoms with Crippen molar-refractivity contribution in [1.29, 1.82) is 5.26 Å². The Hall–Kier alpha value is -1.97. The number of halogens is 1. The molecule has 3 unspecified atom stereocenters. The van der Waals surface area contributed by atoms with Gasteiger partial charge in [0.1, 0.15) is 5.75 Å². The van der Waals surface area contributed by atoms with Crippen molar-refractivity contribution < 1.29 is 9.53 Å². The lowest BCUT2D eigenvalue weighted by Crippen LogP contribution is -2.36. The molecule has 0 spiro atoms. The molecule has 2 aliphatic rings. The monoisotopic (exact) mass is 389 g/mol. The summed E-state index contributed by atoms with van der Waals surface area (Å²) in [7, 11) is 1.57. The van der Waals surface area contributed by atoms with E-state index in [4.69, 9.17) is 16.3 Å². The van der Waals surface area contributed by atoms with E-state index in [0.717, 1.165) is 22.5 Å². The van der Waals surface area contributed by atoms with Gasteiger partial charge < -0.3 is 10.1 Å². The maximum Gasteiger partial charge on any atom is 0.221 e. The molecular formula is C19H20ClN3O2S. The van der Waals surface area contributed by atoms with Crippen LogP contribution in [-0.2, 0) is 4.79 Å².